The van der Waals surface area contributed by atoms with Crippen LogP contribution in [0.1, 0.15) is 17.2 Å². The molecule has 0 aliphatic rings. The highest BCUT2D eigenvalue weighted by Gasteiger charge is 2.07. The molecule has 0 spiro atoms. The molecule has 3 heteroatoms. The van der Waals surface area contributed by atoms with E-state index in [2.05, 4.69) is 5.32 Å². The lowest BCUT2D eigenvalue weighted by atomic mass is 10.1. The topological polar surface area (TPSA) is 32.3 Å². The zero-order valence-electron chi connectivity index (χ0n) is 10.2. The Labute approximate surface area is 112 Å². The number of aryl methyl sites for hydroxylation is 1. The highest BCUT2D eigenvalue weighted by molar-refractivity contribution is 6.30. The van der Waals surface area contributed by atoms with E-state index in [0.717, 1.165) is 11.3 Å². The molecule has 2 aromatic carbocycles. The first-order chi connectivity index (χ1) is 8.65. The third kappa shape index (κ3) is 3.49. The average molecular weight is 262 g/mol. The zero-order valence-corrected chi connectivity index (χ0v) is 11.0. The molecule has 1 unspecified atom stereocenters. The maximum atomic E-state index is 10.0. The molecule has 0 saturated carbocycles. The Kier molecular flexibility index (Phi) is 4.24. The van der Waals surface area contributed by atoms with Crippen LogP contribution in [0.2, 0.25) is 5.02 Å². The molecular weight excluding hydrogens is 246 g/mol. The first kappa shape index (κ1) is 12.9. The second-order valence-corrected chi connectivity index (χ2v) is 4.75. The lowest BCUT2D eigenvalue weighted by molar-refractivity contribution is 0.191. The summed E-state index contributed by atoms with van der Waals surface area (Å²) >= 11 is 5.89. The molecule has 0 fully saturated rings. The van der Waals surface area contributed by atoms with Gasteiger partial charge in [0.25, 0.3) is 0 Å². The molecule has 0 saturated heterocycles. The summed E-state index contributed by atoms with van der Waals surface area (Å²) in [6.45, 7) is 2.51. The third-order valence-electron chi connectivity index (χ3n) is 2.78. The molecule has 2 N–H and O–H groups in total. The molecule has 0 bridgehead atoms. The molecular formula is C15H16ClNO. The smallest absolute Gasteiger partial charge is 0.0962 e. The van der Waals surface area contributed by atoms with Gasteiger partial charge in [-0.3, -0.25) is 0 Å². The van der Waals surface area contributed by atoms with Crippen molar-refractivity contribution in [2.75, 3.05) is 11.9 Å². The van der Waals surface area contributed by atoms with Crippen LogP contribution in [0.3, 0.4) is 0 Å². The van der Waals surface area contributed by atoms with Gasteiger partial charge >= 0.3 is 0 Å². The van der Waals surface area contributed by atoms with Gasteiger partial charge in [-0.25, -0.2) is 0 Å². The summed E-state index contributed by atoms with van der Waals surface area (Å²) in [6, 6.07) is 15.4. The predicted molar refractivity (Wildman–Crippen MR) is 76.1 cm³/mol. The second kappa shape index (κ2) is 5.89. The van der Waals surface area contributed by atoms with Gasteiger partial charge in [-0.2, -0.15) is 0 Å². The van der Waals surface area contributed by atoms with Gasteiger partial charge in [-0.15, -0.1) is 0 Å². The van der Waals surface area contributed by atoms with Gasteiger partial charge in [0.15, 0.2) is 0 Å². The van der Waals surface area contributed by atoms with Crippen LogP contribution in [0.4, 0.5) is 5.69 Å². The van der Waals surface area contributed by atoms with E-state index in [1.165, 1.54) is 5.56 Å². The van der Waals surface area contributed by atoms with Crippen molar-refractivity contribution in [1.82, 2.24) is 0 Å². The van der Waals surface area contributed by atoms with E-state index in [4.69, 9.17) is 11.6 Å². The lowest BCUT2D eigenvalue weighted by Crippen LogP contribution is -2.12. The average Bonchev–Trinajstić information content (AvgIpc) is 2.38. The van der Waals surface area contributed by atoms with Crippen molar-refractivity contribution in [3.05, 3.63) is 64.7 Å². The number of hydrogen-bond donors (Lipinski definition) is 2. The van der Waals surface area contributed by atoms with E-state index in [9.17, 15) is 5.11 Å². The number of benzene rings is 2. The van der Waals surface area contributed by atoms with Crippen LogP contribution in [-0.2, 0) is 0 Å². The van der Waals surface area contributed by atoms with Crippen molar-refractivity contribution >= 4 is 17.3 Å². The Hall–Kier alpha value is -1.51. The van der Waals surface area contributed by atoms with Crippen molar-refractivity contribution in [1.29, 1.82) is 0 Å². The molecule has 0 heterocycles. The SMILES string of the molecule is Cc1ccc(NCC(O)c2cccc(Cl)c2)cc1. The minimum Gasteiger partial charge on any atom is -0.387 e. The maximum absolute atomic E-state index is 10.0. The Morgan fingerprint density at radius 3 is 2.56 bits per heavy atom. The second-order valence-electron chi connectivity index (χ2n) is 4.32. The molecule has 0 aromatic heterocycles. The van der Waals surface area contributed by atoms with Crippen LogP contribution in [0.5, 0.6) is 0 Å². The molecule has 0 amide bonds. The number of anilines is 1. The van der Waals surface area contributed by atoms with E-state index in [1.807, 2.05) is 43.3 Å². The summed E-state index contributed by atoms with van der Waals surface area (Å²) in [5.74, 6) is 0. The number of rotatable bonds is 4. The Bertz CT molecular complexity index is 510. The van der Waals surface area contributed by atoms with Crippen molar-refractivity contribution in [2.24, 2.45) is 0 Å². The molecule has 0 aliphatic heterocycles. The maximum Gasteiger partial charge on any atom is 0.0962 e. The number of aliphatic hydroxyl groups excluding tert-OH is 1. The molecule has 18 heavy (non-hydrogen) atoms. The highest BCUT2D eigenvalue weighted by atomic mass is 35.5. The van der Waals surface area contributed by atoms with Crippen molar-refractivity contribution in [3.63, 3.8) is 0 Å². The molecule has 2 rings (SSSR count). The van der Waals surface area contributed by atoms with Crippen LogP contribution in [0.25, 0.3) is 0 Å². The molecule has 1 atom stereocenters. The molecule has 0 aliphatic carbocycles. The molecule has 0 radical (unpaired) electrons. The number of halogens is 1. The van der Waals surface area contributed by atoms with Gasteiger partial charge in [0.1, 0.15) is 0 Å². The van der Waals surface area contributed by atoms with E-state index in [-0.39, 0.29) is 0 Å². The van der Waals surface area contributed by atoms with E-state index < -0.39 is 6.10 Å². The van der Waals surface area contributed by atoms with Crippen LogP contribution in [-0.4, -0.2) is 11.7 Å². The van der Waals surface area contributed by atoms with Crippen molar-refractivity contribution < 1.29 is 5.11 Å². The normalized spacial score (nSPS) is 12.2. The molecule has 2 aromatic rings. The van der Waals surface area contributed by atoms with Crippen LogP contribution < -0.4 is 5.32 Å². The standard InChI is InChI=1S/C15H16ClNO/c1-11-5-7-14(8-6-11)17-10-15(18)12-3-2-4-13(16)9-12/h2-9,15,17-18H,10H2,1H3. The van der Waals surface area contributed by atoms with Crippen LogP contribution in [0.15, 0.2) is 48.5 Å². The third-order valence-corrected chi connectivity index (χ3v) is 3.02. The lowest BCUT2D eigenvalue weighted by Gasteiger charge is -2.13. The molecule has 94 valence electrons. The van der Waals surface area contributed by atoms with Gasteiger partial charge in [0.05, 0.1) is 6.10 Å². The Morgan fingerprint density at radius 2 is 1.89 bits per heavy atom. The number of nitrogens with one attached hydrogen (secondary N) is 1. The van der Waals surface area contributed by atoms with E-state index in [1.54, 1.807) is 12.1 Å². The summed E-state index contributed by atoms with van der Waals surface area (Å²) < 4.78 is 0. The monoisotopic (exact) mass is 261 g/mol. The first-order valence-electron chi connectivity index (χ1n) is 5.89. The van der Waals surface area contributed by atoms with Gasteiger partial charge in [0, 0.05) is 17.3 Å². The fraction of sp³-hybridized carbons (Fsp3) is 0.200. The van der Waals surface area contributed by atoms with Crippen LogP contribution in [0, 0.1) is 6.92 Å². The van der Waals surface area contributed by atoms with Gasteiger partial charge in [0.2, 0.25) is 0 Å². The summed E-state index contributed by atoms with van der Waals surface area (Å²) in [6.07, 6.45) is -0.565. The van der Waals surface area contributed by atoms with Crippen molar-refractivity contribution in [2.45, 2.75) is 13.0 Å². The first-order valence-corrected chi connectivity index (χ1v) is 6.27. The van der Waals surface area contributed by atoms with E-state index >= 15 is 0 Å². The van der Waals surface area contributed by atoms with Gasteiger partial charge in [-0.1, -0.05) is 41.4 Å². The molecule has 2 nitrogen and oxygen atoms in total. The predicted octanol–water partition coefficient (Wildman–Crippen LogP) is 3.79. The quantitative estimate of drug-likeness (QED) is 0.878. The number of hydrogen-bond acceptors (Lipinski definition) is 2. The van der Waals surface area contributed by atoms with Crippen LogP contribution >= 0.6 is 11.6 Å². The minimum atomic E-state index is -0.565. The fourth-order valence-corrected chi connectivity index (χ4v) is 1.92. The largest absolute Gasteiger partial charge is 0.387 e. The van der Waals surface area contributed by atoms with Gasteiger partial charge < -0.3 is 10.4 Å². The highest BCUT2D eigenvalue weighted by Crippen LogP contribution is 2.18. The van der Waals surface area contributed by atoms with Crippen molar-refractivity contribution in [3.8, 4) is 0 Å². The zero-order chi connectivity index (χ0) is 13.0. The summed E-state index contributed by atoms with van der Waals surface area (Å²) in [7, 11) is 0. The van der Waals surface area contributed by atoms with E-state index in [0.29, 0.717) is 11.6 Å². The summed E-state index contributed by atoms with van der Waals surface area (Å²) in [4.78, 5) is 0. The van der Waals surface area contributed by atoms with Gasteiger partial charge in [-0.05, 0) is 36.8 Å². The minimum absolute atomic E-state index is 0.462. The fourth-order valence-electron chi connectivity index (χ4n) is 1.72. The Balaban J connectivity index is 1.96. The number of aliphatic hydroxyl groups is 1. The summed E-state index contributed by atoms with van der Waals surface area (Å²) in [5, 5.41) is 13.9. The summed E-state index contributed by atoms with van der Waals surface area (Å²) in [5.41, 5.74) is 3.04. The Morgan fingerprint density at radius 1 is 1.17 bits per heavy atom.